The molecule has 102 valence electrons. The lowest BCUT2D eigenvalue weighted by Gasteiger charge is -2.31. The van der Waals surface area contributed by atoms with E-state index in [1.54, 1.807) is 0 Å². The highest BCUT2D eigenvalue weighted by molar-refractivity contribution is 4.89. The Morgan fingerprint density at radius 2 is 2.12 bits per heavy atom. The molecule has 0 saturated carbocycles. The standard InChI is InChI=1S/C13H28N2O2/c1-10(17-12(2,3)4)11(14)8-15-13(5)6-7-16-9-13/h10-11,15H,6-9,14H2,1-5H3/t10-,11-,13?/m1/s1. The molecule has 0 radical (unpaired) electrons. The molecule has 1 unspecified atom stereocenters. The third-order valence-corrected chi connectivity index (χ3v) is 3.13. The van der Waals surface area contributed by atoms with Gasteiger partial charge < -0.3 is 20.5 Å². The third-order valence-electron chi connectivity index (χ3n) is 3.13. The molecule has 3 atom stereocenters. The van der Waals surface area contributed by atoms with E-state index in [1.807, 2.05) is 6.92 Å². The van der Waals surface area contributed by atoms with Crippen molar-refractivity contribution in [3.8, 4) is 0 Å². The number of nitrogens with two attached hydrogens (primary N) is 1. The molecule has 0 bridgehead atoms. The zero-order valence-corrected chi connectivity index (χ0v) is 11.9. The second kappa shape index (κ2) is 5.65. The first-order valence-corrected chi connectivity index (χ1v) is 6.48. The summed E-state index contributed by atoms with van der Waals surface area (Å²) < 4.78 is 11.3. The summed E-state index contributed by atoms with van der Waals surface area (Å²) in [6, 6.07) is 0.00616. The SMILES string of the molecule is C[C@@H](OC(C)(C)C)[C@H](N)CNC1(C)CCOC1. The lowest BCUT2D eigenvalue weighted by Crippen LogP contribution is -2.52. The largest absolute Gasteiger partial charge is 0.379 e. The highest BCUT2D eigenvalue weighted by Crippen LogP contribution is 2.18. The minimum Gasteiger partial charge on any atom is -0.379 e. The number of rotatable bonds is 5. The van der Waals surface area contributed by atoms with Gasteiger partial charge in [0, 0.05) is 24.7 Å². The summed E-state index contributed by atoms with van der Waals surface area (Å²) in [5.74, 6) is 0. The van der Waals surface area contributed by atoms with Crippen LogP contribution in [0.4, 0.5) is 0 Å². The molecule has 1 rings (SSSR count). The minimum absolute atomic E-state index is 0.00616. The van der Waals surface area contributed by atoms with Crippen LogP contribution in [0.25, 0.3) is 0 Å². The molecule has 0 aromatic carbocycles. The number of nitrogens with one attached hydrogen (secondary N) is 1. The average molecular weight is 244 g/mol. The summed E-state index contributed by atoms with van der Waals surface area (Å²) in [7, 11) is 0. The maximum absolute atomic E-state index is 6.13. The Bertz CT molecular complexity index is 232. The number of ether oxygens (including phenoxy) is 2. The summed E-state index contributed by atoms with van der Waals surface area (Å²) >= 11 is 0. The van der Waals surface area contributed by atoms with Gasteiger partial charge in [0.25, 0.3) is 0 Å². The van der Waals surface area contributed by atoms with Crippen LogP contribution in [0.3, 0.4) is 0 Å². The summed E-state index contributed by atoms with van der Waals surface area (Å²) in [6.45, 7) is 12.7. The van der Waals surface area contributed by atoms with Gasteiger partial charge in [-0.25, -0.2) is 0 Å². The molecule has 1 aliphatic heterocycles. The van der Waals surface area contributed by atoms with Gasteiger partial charge in [0.1, 0.15) is 0 Å². The molecule has 3 N–H and O–H groups in total. The molecular weight excluding hydrogens is 216 g/mol. The van der Waals surface area contributed by atoms with Crippen LogP contribution in [0.1, 0.15) is 41.0 Å². The van der Waals surface area contributed by atoms with Crippen LogP contribution in [0.5, 0.6) is 0 Å². The van der Waals surface area contributed by atoms with Gasteiger partial charge in [0.2, 0.25) is 0 Å². The molecule has 4 nitrogen and oxygen atoms in total. The topological polar surface area (TPSA) is 56.5 Å². The Balaban J connectivity index is 2.31. The lowest BCUT2D eigenvalue weighted by molar-refractivity contribution is -0.0614. The monoisotopic (exact) mass is 244 g/mol. The van der Waals surface area contributed by atoms with Gasteiger partial charge in [-0.15, -0.1) is 0 Å². The van der Waals surface area contributed by atoms with Crippen molar-refractivity contribution in [3.63, 3.8) is 0 Å². The molecule has 0 amide bonds. The second-order valence-electron chi connectivity index (χ2n) is 6.34. The quantitative estimate of drug-likeness (QED) is 0.765. The fourth-order valence-corrected chi connectivity index (χ4v) is 1.98. The maximum Gasteiger partial charge on any atom is 0.0717 e. The van der Waals surface area contributed by atoms with E-state index >= 15 is 0 Å². The van der Waals surface area contributed by atoms with Crippen molar-refractivity contribution in [2.75, 3.05) is 19.8 Å². The summed E-state index contributed by atoms with van der Waals surface area (Å²) in [6.07, 6.45) is 1.10. The van der Waals surface area contributed by atoms with Crippen molar-refractivity contribution >= 4 is 0 Å². The van der Waals surface area contributed by atoms with Crippen LogP contribution >= 0.6 is 0 Å². The van der Waals surface area contributed by atoms with Crippen molar-refractivity contribution < 1.29 is 9.47 Å². The van der Waals surface area contributed by atoms with E-state index in [1.165, 1.54) is 0 Å². The Hall–Kier alpha value is -0.160. The summed E-state index contributed by atoms with van der Waals surface area (Å²) in [4.78, 5) is 0. The first-order valence-electron chi connectivity index (χ1n) is 6.48. The molecule has 1 fully saturated rings. The van der Waals surface area contributed by atoms with E-state index in [4.69, 9.17) is 15.2 Å². The van der Waals surface area contributed by atoms with Gasteiger partial charge in [-0.2, -0.15) is 0 Å². The zero-order valence-electron chi connectivity index (χ0n) is 11.9. The Morgan fingerprint density at radius 1 is 1.47 bits per heavy atom. The summed E-state index contributed by atoms with van der Waals surface area (Å²) in [5.41, 5.74) is 6.07. The number of hydrogen-bond donors (Lipinski definition) is 2. The molecule has 0 aromatic rings. The number of hydrogen-bond acceptors (Lipinski definition) is 4. The van der Waals surface area contributed by atoms with Gasteiger partial charge in [0.15, 0.2) is 0 Å². The van der Waals surface area contributed by atoms with Crippen LogP contribution in [0, 0.1) is 0 Å². The van der Waals surface area contributed by atoms with E-state index in [-0.39, 0.29) is 23.3 Å². The van der Waals surface area contributed by atoms with Crippen LogP contribution in [0.2, 0.25) is 0 Å². The molecule has 0 aliphatic carbocycles. The first kappa shape index (κ1) is 14.9. The molecule has 4 heteroatoms. The molecule has 17 heavy (non-hydrogen) atoms. The fourth-order valence-electron chi connectivity index (χ4n) is 1.98. The smallest absolute Gasteiger partial charge is 0.0717 e. The van der Waals surface area contributed by atoms with Crippen LogP contribution in [0.15, 0.2) is 0 Å². The van der Waals surface area contributed by atoms with E-state index in [0.717, 1.165) is 26.2 Å². The lowest BCUT2D eigenvalue weighted by atomic mass is 10.0. The van der Waals surface area contributed by atoms with Crippen molar-refractivity contribution in [2.45, 2.75) is 64.3 Å². The zero-order chi connectivity index (χ0) is 13.1. The van der Waals surface area contributed by atoms with Crippen molar-refractivity contribution in [2.24, 2.45) is 5.73 Å². The average Bonchev–Trinajstić information content (AvgIpc) is 2.59. The van der Waals surface area contributed by atoms with Gasteiger partial charge in [-0.3, -0.25) is 0 Å². The molecule has 1 saturated heterocycles. The van der Waals surface area contributed by atoms with Crippen molar-refractivity contribution in [1.82, 2.24) is 5.32 Å². The second-order valence-corrected chi connectivity index (χ2v) is 6.34. The van der Waals surface area contributed by atoms with Crippen LogP contribution in [-0.2, 0) is 9.47 Å². The van der Waals surface area contributed by atoms with Crippen molar-refractivity contribution in [1.29, 1.82) is 0 Å². The van der Waals surface area contributed by atoms with Crippen molar-refractivity contribution in [3.05, 3.63) is 0 Å². The van der Waals surface area contributed by atoms with E-state index in [0.29, 0.717) is 0 Å². The highest BCUT2D eigenvalue weighted by Gasteiger charge is 2.30. The predicted octanol–water partition coefficient (Wildman–Crippen LogP) is 1.29. The van der Waals surface area contributed by atoms with Crippen LogP contribution in [-0.4, -0.2) is 43.0 Å². The first-order chi connectivity index (χ1) is 7.72. The molecule has 0 spiro atoms. The van der Waals surface area contributed by atoms with Gasteiger partial charge in [-0.05, 0) is 41.0 Å². The van der Waals surface area contributed by atoms with E-state index in [9.17, 15) is 0 Å². The minimum atomic E-state index is -0.141. The van der Waals surface area contributed by atoms with Gasteiger partial charge >= 0.3 is 0 Å². The van der Waals surface area contributed by atoms with E-state index < -0.39 is 0 Å². The summed E-state index contributed by atoms with van der Waals surface area (Å²) in [5, 5.41) is 3.49. The van der Waals surface area contributed by atoms with Gasteiger partial charge in [0.05, 0.1) is 18.3 Å². The third kappa shape index (κ3) is 5.34. The fraction of sp³-hybridized carbons (Fsp3) is 1.00. The molecule has 1 heterocycles. The Labute approximate surface area is 105 Å². The van der Waals surface area contributed by atoms with Crippen LogP contribution < -0.4 is 11.1 Å². The van der Waals surface area contributed by atoms with Gasteiger partial charge in [-0.1, -0.05) is 0 Å². The molecular formula is C13H28N2O2. The Kier molecular flexibility index (Phi) is 4.95. The maximum atomic E-state index is 6.13. The predicted molar refractivity (Wildman–Crippen MR) is 70.1 cm³/mol. The molecule has 0 aromatic heterocycles. The van der Waals surface area contributed by atoms with E-state index in [2.05, 4.69) is 33.0 Å². The Morgan fingerprint density at radius 3 is 2.59 bits per heavy atom. The highest BCUT2D eigenvalue weighted by atomic mass is 16.5. The normalized spacial score (nSPS) is 29.3. The molecule has 1 aliphatic rings.